The lowest BCUT2D eigenvalue weighted by Gasteiger charge is -2.15. The molecule has 0 aliphatic carbocycles. The smallest absolute Gasteiger partial charge is 0.317 e. The largest absolute Gasteiger partial charge is 0.462 e. The fraction of sp³-hybridized carbons (Fsp3) is 0.949. The van der Waals surface area contributed by atoms with Gasteiger partial charge in [0.05, 0.1) is 12.2 Å². The molecule has 0 aromatic carbocycles. The summed E-state index contributed by atoms with van der Waals surface area (Å²) in [5.41, 5.74) is 0. The first kappa shape index (κ1) is 41.9. The molecule has 0 radical (unpaired) electrons. The Bertz CT molecular complexity index is 540. The molecule has 0 amide bonds. The predicted molar refractivity (Wildman–Crippen MR) is 186 cm³/mol. The van der Waals surface area contributed by atoms with Crippen LogP contribution in [0.2, 0.25) is 0 Å². The molecule has 0 aromatic heterocycles. The lowest BCUT2D eigenvalue weighted by molar-refractivity contribution is -0.159. The van der Waals surface area contributed by atoms with Gasteiger partial charge in [0.1, 0.15) is 6.42 Å². The van der Waals surface area contributed by atoms with Crippen LogP contribution in [0.5, 0.6) is 0 Å². The molecular formula is C39H76O4. The average Bonchev–Trinajstić information content (AvgIpc) is 2.97. The van der Waals surface area contributed by atoms with Crippen LogP contribution in [0.15, 0.2) is 0 Å². The van der Waals surface area contributed by atoms with E-state index in [1.807, 2.05) is 13.8 Å². The van der Waals surface area contributed by atoms with Crippen molar-refractivity contribution in [3.8, 4) is 0 Å². The van der Waals surface area contributed by atoms with E-state index >= 15 is 0 Å². The number of hydrogen-bond acceptors (Lipinski definition) is 4. The standard InChI is InChI=1S/C39H76O4/c1-5-7-9-11-13-15-17-19-21-23-25-27-29-31-33-36(3)42-38(40)35-39(41)43-37(4)34-32-30-28-26-24-22-20-18-16-14-12-10-8-6-2/h36-37H,5-35H2,1-4H3. The summed E-state index contributed by atoms with van der Waals surface area (Å²) in [6.07, 6.45) is 38.7. The van der Waals surface area contributed by atoms with E-state index < -0.39 is 11.9 Å². The summed E-state index contributed by atoms with van der Waals surface area (Å²) in [6.45, 7) is 8.42. The number of ether oxygens (including phenoxy) is 2. The van der Waals surface area contributed by atoms with Crippen LogP contribution < -0.4 is 0 Å². The Morgan fingerprint density at radius 1 is 0.372 bits per heavy atom. The van der Waals surface area contributed by atoms with Crippen molar-refractivity contribution in [3.63, 3.8) is 0 Å². The Morgan fingerprint density at radius 2 is 0.581 bits per heavy atom. The average molecular weight is 609 g/mol. The Hall–Kier alpha value is -1.06. The topological polar surface area (TPSA) is 52.6 Å². The van der Waals surface area contributed by atoms with E-state index in [4.69, 9.17) is 9.47 Å². The predicted octanol–water partition coefficient (Wildman–Crippen LogP) is 13.0. The first-order chi connectivity index (χ1) is 21.0. The van der Waals surface area contributed by atoms with E-state index in [1.54, 1.807) is 0 Å². The van der Waals surface area contributed by atoms with E-state index in [9.17, 15) is 9.59 Å². The summed E-state index contributed by atoms with van der Waals surface area (Å²) in [5.74, 6) is -0.905. The van der Waals surface area contributed by atoms with Gasteiger partial charge in [0.25, 0.3) is 0 Å². The van der Waals surface area contributed by atoms with E-state index in [0.717, 1.165) is 25.7 Å². The molecule has 0 heterocycles. The molecule has 4 nitrogen and oxygen atoms in total. The van der Waals surface area contributed by atoms with Crippen LogP contribution in [0.1, 0.15) is 227 Å². The van der Waals surface area contributed by atoms with Crippen LogP contribution in [-0.4, -0.2) is 24.1 Å². The second kappa shape index (κ2) is 33.8. The summed E-state index contributed by atoms with van der Waals surface area (Å²) in [5, 5.41) is 0. The van der Waals surface area contributed by atoms with Gasteiger partial charge in [-0.25, -0.2) is 0 Å². The number of esters is 2. The molecule has 43 heavy (non-hydrogen) atoms. The van der Waals surface area contributed by atoms with Crippen LogP contribution in [0, 0.1) is 0 Å². The first-order valence-corrected chi connectivity index (χ1v) is 19.4. The van der Waals surface area contributed by atoms with Crippen molar-refractivity contribution < 1.29 is 19.1 Å². The van der Waals surface area contributed by atoms with E-state index in [-0.39, 0.29) is 18.6 Å². The van der Waals surface area contributed by atoms with Crippen LogP contribution >= 0.6 is 0 Å². The summed E-state index contributed by atoms with van der Waals surface area (Å²) in [6, 6.07) is 0. The van der Waals surface area contributed by atoms with Crippen molar-refractivity contribution in [1.29, 1.82) is 0 Å². The molecule has 0 aromatic rings. The van der Waals surface area contributed by atoms with Gasteiger partial charge in [0.2, 0.25) is 0 Å². The number of rotatable bonds is 34. The Balaban J connectivity index is 3.51. The fourth-order valence-electron chi connectivity index (χ4n) is 6.02. The zero-order valence-electron chi connectivity index (χ0n) is 29.7. The van der Waals surface area contributed by atoms with E-state index in [2.05, 4.69) is 13.8 Å². The molecule has 256 valence electrons. The van der Waals surface area contributed by atoms with Gasteiger partial charge in [-0.05, 0) is 39.5 Å². The Kier molecular flexibility index (Phi) is 33.0. The molecular weight excluding hydrogens is 532 g/mol. The van der Waals surface area contributed by atoms with Crippen molar-refractivity contribution in [3.05, 3.63) is 0 Å². The van der Waals surface area contributed by atoms with Crippen molar-refractivity contribution in [1.82, 2.24) is 0 Å². The van der Waals surface area contributed by atoms with Crippen LogP contribution in [0.4, 0.5) is 0 Å². The van der Waals surface area contributed by atoms with Gasteiger partial charge < -0.3 is 9.47 Å². The lowest BCUT2D eigenvalue weighted by atomic mass is 10.0. The molecule has 0 fully saturated rings. The van der Waals surface area contributed by atoms with Crippen molar-refractivity contribution in [2.45, 2.75) is 239 Å². The highest BCUT2D eigenvalue weighted by Crippen LogP contribution is 2.16. The highest BCUT2D eigenvalue weighted by Gasteiger charge is 2.17. The maximum Gasteiger partial charge on any atom is 0.317 e. The molecule has 0 spiro atoms. The lowest BCUT2D eigenvalue weighted by Crippen LogP contribution is -2.21. The van der Waals surface area contributed by atoms with Crippen LogP contribution in [-0.2, 0) is 19.1 Å². The fourth-order valence-corrected chi connectivity index (χ4v) is 6.02. The molecule has 0 aliphatic rings. The van der Waals surface area contributed by atoms with Gasteiger partial charge in [0.15, 0.2) is 0 Å². The third-order valence-electron chi connectivity index (χ3n) is 8.88. The highest BCUT2D eigenvalue weighted by atomic mass is 16.6. The van der Waals surface area contributed by atoms with Gasteiger partial charge in [-0.15, -0.1) is 0 Å². The van der Waals surface area contributed by atoms with E-state index in [0.29, 0.717) is 0 Å². The van der Waals surface area contributed by atoms with Crippen LogP contribution in [0.3, 0.4) is 0 Å². The number of unbranched alkanes of at least 4 members (excludes halogenated alkanes) is 26. The van der Waals surface area contributed by atoms with Gasteiger partial charge in [-0.1, -0.05) is 181 Å². The first-order valence-electron chi connectivity index (χ1n) is 19.4. The van der Waals surface area contributed by atoms with Crippen molar-refractivity contribution >= 4 is 11.9 Å². The SMILES string of the molecule is CCCCCCCCCCCCCCCCC(C)OC(=O)CC(=O)OC(C)CCCCCCCCCCCCCCCC. The highest BCUT2D eigenvalue weighted by molar-refractivity contribution is 5.91. The summed E-state index contributed by atoms with van der Waals surface area (Å²) < 4.78 is 10.9. The molecule has 0 saturated heterocycles. The summed E-state index contributed by atoms with van der Waals surface area (Å²) in [4.78, 5) is 24.3. The molecule has 0 bridgehead atoms. The van der Waals surface area contributed by atoms with E-state index in [1.165, 1.54) is 167 Å². The quantitative estimate of drug-likeness (QED) is 0.0414. The molecule has 4 heteroatoms. The maximum absolute atomic E-state index is 12.2. The molecule has 2 unspecified atom stereocenters. The van der Waals surface area contributed by atoms with Gasteiger partial charge in [-0.2, -0.15) is 0 Å². The summed E-state index contributed by atoms with van der Waals surface area (Å²) in [7, 11) is 0. The maximum atomic E-state index is 12.2. The van der Waals surface area contributed by atoms with Gasteiger partial charge >= 0.3 is 11.9 Å². The van der Waals surface area contributed by atoms with Crippen molar-refractivity contribution in [2.75, 3.05) is 0 Å². The Morgan fingerprint density at radius 3 is 0.814 bits per heavy atom. The third-order valence-corrected chi connectivity index (χ3v) is 8.88. The molecule has 2 atom stereocenters. The molecule has 0 aliphatic heterocycles. The third kappa shape index (κ3) is 33.7. The van der Waals surface area contributed by atoms with Crippen LogP contribution in [0.25, 0.3) is 0 Å². The zero-order valence-corrected chi connectivity index (χ0v) is 29.7. The second-order valence-electron chi connectivity index (χ2n) is 13.5. The minimum Gasteiger partial charge on any atom is -0.462 e. The minimum atomic E-state index is -0.452. The zero-order chi connectivity index (χ0) is 31.6. The van der Waals surface area contributed by atoms with Crippen molar-refractivity contribution in [2.24, 2.45) is 0 Å². The molecule has 0 saturated carbocycles. The number of carbonyl (C=O) groups is 2. The second-order valence-corrected chi connectivity index (χ2v) is 13.5. The number of hydrogen-bond donors (Lipinski definition) is 0. The minimum absolute atomic E-state index is 0.134. The Labute approximate surface area is 269 Å². The molecule has 0 rings (SSSR count). The van der Waals surface area contributed by atoms with Gasteiger partial charge in [0, 0.05) is 0 Å². The normalized spacial score (nSPS) is 12.7. The molecule has 0 N–H and O–H groups in total. The van der Waals surface area contributed by atoms with Gasteiger partial charge in [-0.3, -0.25) is 9.59 Å². The summed E-state index contributed by atoms with van der Waals surface area (Å²) >= 11 is 0. The number of carbonyl (C=O) groups excluding carboxylic acids is 2. The monoisotopic (exact) mass is 609 g/mol.